The maximum absolute atomic E-state index is 9.26. The third kappa shape index (κ3) is 4.53. The van der Waals surface area contributed by atoms with Crippen molar-refractivity contribution in [1.82, 2.24) is 14.7 Å². The van der Waals surface area contributed by atoms with Crippen LogP contribution in [-0.4, -0.2) is 65.9 Å². The van der Waals surface area contributed by atoms with Crippen molar-refractivity contribution in [3.63, 3.8) is 0 Å². The first-order valence-electron chi connectivity index (χ1n) is 8.55. The second kappa shape index (κ2) is 9.01. The Kier molecular flexibility index (Phi) is 7.02. The minimum Gasteiger partial charge on any atom is -0.355 e. The smallest absolute Gasteiger partial charge is 0.169 e. The van der Waals surface area contributed by atoms with Gasteiger partial charge < -0.3 is 14.7 Å². The zero-order chi connectivity index (χ0) is 16.7. The van der Waals surface area contributed by atoms with Gasteiger partial charge in [-0.25, -0.2) is 0 Å². The highest BCUT2D eigenvalue weighted by Crippen LogP contribution is 2.23. The van der Waals surface area contributed by atoms with Crippen molar-refractivity contribution in [2.24, 2.45) is 0 Å². The molecule has 5 nitrogen and oxygen atoms in total. The van der Waals surface area contributed by atoms with E-state index in [1.165, 1.54) is 19.4 Å². The molecule has 126 valence electrons. The predicted octanol–water partition coefficient (Wildman–Crippen LogP) is 2.37. The van der Waals surface area contributed by atoms with E-state index in [9.17, 15) is 10.5 Å². The van der Waals surface area contributed by atoms with Gasteiger partial charge in [-0.05, 0) is 39.2 Å². The Morgan fingerprint density at radius 3 is 2.26 bits per heavy atom. The molecular weight excluding hydrogens is 310 g/mol. The van der Waals surface area contributed by atoms with Gasteiger partial charge in [-0.15, -0.1) is 11.6 Å². The average molecular weight is 336 g/mol. The normalized spacial score (nSPS) is 21.6. The number of alkyl halides is 1. The molecule has 2 aliphatic rings. The monoisotopic (exact) mass is 335 g/mol. The lowest BCUT2D eigenvalue weighted by Crippen LogP contribution is -2.31. The minimum absolute atomic E-state index is 0.228. The van der Waals surface area contributed by atoms with E-state index in [2.05, 4.69) is 33.8 Å². The first-order valence-corrected chi connectivity index (χ1v) is 9.09. The molecule has 0 amide bonds. The van der Waals surface area contributed by atoms with E-state index < -0.39 is 0 Å². The highest BCUT2D eigenvalue weighted by Gasteiger charge is 2.28. The lowest BCUT2D eigenvalue weighted by Gasteiger charge is -2.26. The molecule has 0 saturated carbocycles. The van der Waals surface area contributed by atoms with Gasteiger partial charge in [0.05, 0.1) is 0 Å². The van der Waals surface area contributed by atoms with E-state index in [1.54, 1.807) is 0 Å². The first kappa shape index (κ1) is 17.9. The summed E-state index contributed by atoms with van der Waals surface area (Å²) in [4.78, 5) is 6.89. The largest absolute Gasteiger partial charge is 0.355 e. The summed E-state index contributed by atoms with van der Waals surface area (Å²) >= 11 is 5.79. The van der Waals surface area contributed by atoms with Crippen molar-refractivity contribution in [1.29, 1.82) is 10.5 Å². The predicted molar refractivity (Wildman–Crippen MR) is 91.6 cm³/mol. The molecular formula is C17H26ClN5. The quantitative estimate of drug-likeness (QED) is 0.528. The van der Waals surface area contributed by atoms with Crippen LogP contribution in [0.3, 0.4) is 0 Å². The Bertz CT molecular complexity index is 488. The maximum Gasteiger partial charge on any atom is 0.169 e. The first-order chi connectivity index (χ1) is 11.2. The van der Waals surface area contributed by atoms with Crippen LogP contribution in [0.2, 0.25) is 0 Å². The fraction of sp³-hybridized carbons (Fsp3) is 0.765. The van der Waals surface area contributed by atoms with Crippen LogP contribution in [0.25, 0.3) is 0 Å². The van der Waals surface area contributed by atoms with Gasteiger partial charge in [-0.2, -0.15) is 10.5 Å². The Hall–Kier alpha value is -1.43. The fourth-order valence-electron chi connectivity index (χ4n) is 3.57. The van der Waals surface area contributed by atoms with Crippen LogP contribution in [0.15, 0.2) is 11.4 Å². The number of rotatable bonds is 7. The molecule has 0 aromatic carbocycles. The molecule has 0 aromatic heterocycles. The van der Waals surface area contributed by atoms with Crippen LogP contribution < -0.4 is 0 Å². The number of hydrogen-bond donors (Lipinski definition) is 0. The Balaban J connectivity index is 1.95. The molecule has 23 heavy (non-hydrogen) atoms. The van der Waals surface area contributed by atoms with Crippen molar-refractivity contribution in [3.05, 3.63) is 11.4 Å². The zero-order valence-electron chi connectivity index (χ0n) is 14.0. The van der Waals surface area contributed by atoms with Crippen molar-refractivity contribution in [2.75, 3.05) is 45.1 Å². The molecule has 1 unspecified atom stereocenters. The second-order valence-corrected chi connectivity index (χ2v) is 6.70. The lowest BCUT2D eigenvalue weighted by atomic mass is 10.2. The molecule has 2 fully saturated rings. The van der Waals surface area contributed by atoms with Crippen LogP contribution in [0, 0.1) is 22.7 Å². The number of nitriles is 2. The summed E-state index contributed by atoms with van der Waals surface area (Å²) in [5.41, 5.74) is 0.228. The van der Waals surface area contributed by atoms with E-state index in [4.69, 9.17) is 11.6 Å². The van der Waals surface area contributed by atoms with Gasteiger partial charge in [-0.1, -0.05) is 0 Å². The van der Waals surface area contributed by atoms with Crippen LogP contribution in [0.5, 0.6) is 0 Å². The number of halogens is 1. The van der Waals surface area contributed by atoms with Gasteiger partial charge in [0.15, 0.2) is 5.57 Å². The van der Waals surface area contributed by atoms with Crippen LogP contribution in [0.4, 0.5) is 0 Å². The topological polar surface area (TPSA) is 57.3 Å². The Morgan fingerprint density at radius 2 is 1.74 bits per heavy atom. The van der Waals surface area contributed by atoms with Gasteiger partial charge in [0.1, 0.15) is 18.0 Å². The molecule has 0 N–H and O–H groups in total. The van der Waals surface area contributed by atoms with Gasteiger partial charge in [0, 0.05) is 44.6 Å². The van der Waals surface area contributed by atoms with E-state index in [-0.39, 0.29) is 5.57 Å². The number of nitrogens with zero attached hydrogens (tertiary/aromatic N) is 5. The summed E-state index contributed by atoms with van der Waals surface area (Å²) < 4.78 is 0. The van der Waals surface area contributed by atoms with Gasteiger partial charge >= 0.3 is 0 Å². The van der Waals surface area contributed by atoms with Crippen molar-refractivity contribution in [3.8, 4) is 12.1 Å². The summed E-state index contributed by atoms with van der Waals surface area (Å²) in [7, 11) is 0. The number of allylic oxidation sites excluding steroid dienone is 1. The third-order valence-corrected chi connectivity index (χ3v) is 5.08. The molecule has 2 aliphatic heterocycles. The van der Waals surface area contributed by atoms with E-state index >= 15 is 0 Å². The molecule has 6 heteroatoms. The van der Waals surface area contributed by atoms with Crippen molar-refractivity contribution in [2.45, 2.75) is 38.6 Å². The van der Waals surface area contributed by atoms with Crippen molar-refractivity contribution < 1.29 is 0 Å². The molecule has 0 spiro atoms. The van der Waals surface area contributed by atoms with E-state index in [0.29, 0.717) is 11.9 Å². The van der Waals surface area contributed by atoms with E-state index in [1.807, 2.05) is 0 Å². The molecule has 2 heterocycles. The SMILES string of the molecule is CC1CCCN1CCCN1CCN(CCCCl)C1=C(C#N)C#N. The van der Waals surface area contributed by atoms with Crippen LogP contribution in [0.1, 0.15) is 32.6 Å². The zero-order valence-corrected chi connectivity index (χ0v) is 14.7. The fourth-order valence-corrected chi connectivity index (χ4v) is 3.69. The lowest BCUT2D eigenvalue weighted by molar-refractivity contribution is 0.245. The number of likely N-dealkylation sites (tertiary alicyclic amines) is 1. The summed E-state index contributed by atoms with van der Waals surface area (Å²) in [6.45, 7) is 8.08. The molecule has 2 saturated heterocycles. The van der Waals surface area contributed by atoms with Gasteiger partial charge in [-0.3, -0.25) is 0 Å². The molecule has 2 rings (SSSR count). The average Bonchev–Trinajstić information content (AvgIpc) is 3.14. The van der Waals surface area contributed by atoms with Crippen LogP contribution >= 0.6 is 11.6 Å². The van der Waals surface area contributed by atoms with Gasteiger partial charge in [0.2, 0.25) is 0 Å². The molecule has 0 aliphatic carbocycles. The maximum atomic E-state index is 9.26. The summed E-state index contributed by atoms with van der Waals surface area (Å²) in [5, 5.41) is 18.5. The molecule has 0 radical (unpaired) electrons. The van der Waals surface area contributed by atoms with Crippen LogP contribution in [-0.2, 0) is 0 Å². The number of hydrogen-bond acceptors (Lipinski definition) is 5. The molecule has 0 bridgehead atoms. The molecule has 1 atom stereocenters. The summed E-state index contributed by atoms with van der Waals surface area (Å²) in [6, 6.07) is 4.81. The molecule has 0 aromatic rings. The summed E-state index contributed by atoms with van der Waals surface area (Å²) in [5.74, 6) is 1.42. The summed E-state index contributed by atoms with van der Waals surface area (Å²) in [6.07, 6.45) is 4.54. The third-order valence-electron chi connectivity index (χ3n) is 4.81. The standard InChI is InChI=1S/C17H26ClN5/c1-15-5-2-7-21(15)9-4-10-23-12-11-22(8-3-6-18)17(23)16(13-19)14-20/h15H,2-12H2,1H3. The second-order valence-electron chi connectivity index (χ2n) is 6.32. The minimum atomic E-state index is 0.228. The Morgan fingerprint density at radius 1 is 1.09 bits per heavy atom. The Labute approximate surface area is 144 Å². The van der Waals surface area contributed by atoms with Crippen molar-refractivity contribution >= 4 is 11.6 Å². The highest BCUT2D eigenvalue weighted by atomic mass is 35.5. The van der Waals surface area contributed by atoms with E-state index in [0.717, 1.165) is 51.4 Å². The van der Waals surface area contributed by atoms with Gasteiger partial charge in [0.25, 0.3) is 0 Å². The highest BCUT2D eigenvalue weighted by molar-refractivity contribution is 6.17.